The molecule has 2 rings (SSSR count). The number of hydrogen-bond acceptors (Lipinski definition) is 5. The minimum atomic E-state index is -3.67. The Kier molecular flexibility index (Phi) is 3.24. The van der Waals surface area contributed by atoms with E-state index in [0.29, 0.717) is 11.4 Å². The average molecular weight is 290 g/mol. The minimum Gasteiger partial charge on any atom is -0.399 e. The van der Waals surface area contributed by atoms with E-state index in [1.165, 1.54) is 12.1 Å². The number of anilines is 2. The van der Waals surface area contributed by atoms with Gasteiger partial charge < -0.3 is 5.73 Å². The van der Waals surface area contributed by atoms with Crippen molar-refractivity contribution < 1.29 is 16.8 Å². The Morgan fingerprint density at radius 3 is 2.33 bits per heavy atom. The molecule has 1 aliphatic heterocycles. The fourth-order valence-corrected chi connectivity index (χ4v) is 5.90. The molecule has 0 amide bonds. The number of nitrogen functional groups attached to an aromatic ring is 1. The quantitative estimate of drug-likeness (QED) is 0.773. The Balaban J connectivity index is 2.15. The van der Waals surface area contributed by atoms with E-state index in [2.05, 4.69) is 4.72 Å². The summed E-state index contributed by atoms with van der Waals surface area (Å²) in [4.78, 5) is 0. The topological polar surface area (TPSA) is 106 Å². The summed E-state index contributed by atoms with van der Waals surface area (Å²) in [6.07, 6.45) is 0.145. The number of sulfone groups is 1. The van der Waals surface area contributed by atoms with E-state index in [-0.39, 0.29) is 17.9 Å². The maximum absolute atomic E-state index is 12.0. The molecular weight excluding hydrogens is 276 g/mol. The zero-order chi connectivity index (χ0) is 13.4. The minimum absolute atomic E-state index is 0.0691. The molecule has 1 aromatic rings. The molecule has 1 saturated heterocycles. The van der Waals surface area contributed by atoms with Gasteiger partial charge in [-0.1, -0.05) is 0 Å². The predicted octanol–water partition coefficient (Wildman–Crippen LogP) is 0.198. The molecular formula is C10H14N2O4S2. The van der Waals surface area contributed by atoms with E-state index in [1.54, 1.807) is 12.1 Å². The number of hydrogen-bond donors (Lipinski definition) is 2. The van der Waals surface area contributed by atoms with Gasteiger partial charge in [-0.25, -0.2) is 16.8 Å². The van der Waals surface area contributed by atoms with Crippen LogP contribution in [0.3, 0.4) is 0 Å². The van der Waals surface area contributed by atoms with Gasteiger partial charge in [-0.15, -0.1) is 0 Å². The van der Waals surface area contributed by atoms with Crippen molar-refractivity contribution in [2.45, 2.75) is 11.7 Å². The summed E-state index contributed by atoms with van der Waals surface area (Å²) < 4.78 is 48.9. The third kappa shape index (κ3) is 2.94. The van der Waals surface area contributed by atoms with Crippen molar-refractivity contribution >= 4 is 31.2 Å². The van der Waals surface area contributed by atoms with Crippen molar-refractivity contribution in [2.24, 2.45) is 0 Å². The van der Waals surface area contributed by atoms with Gasteiger partial charge in [0.1, 0.15) is 0 Å². The van der Waals surface area contributed by atoms with E-state index in [1.807, 2.05) is 0 Å². The van der Waals surface area contributed by atoms with Crippen LogP contribution >= 0.6 is 0 Å². The molecule has 1 unspecified atom stereocenters. The summed E-state index contributed by atoms with van der Waals surface area (Å²) in [7, 11) is -6.88. The SMILES string of the molecule is Nc1ccc(NS(=O)(=O)C2CCS(=O)(=O)C2)cc1. The zero-order valence-corrected chi connectivity index (χ0v) is 11.2. The van der Waals surface area contributed by atoms with Gasteiger partial charge in [-0.3, -0.25) is 4.72 Å². The van der Waals surface area contributed by atoms with Crippen molar-refractivity contribution in [3.63, 3.8) is 0 Å². The van der Waals surface area contributed by atoms with E-state index in [4.69, 9.17) is 5.73 Å². The van der Waals surface area contributed by atoms with Crippen LogP contribution in [-0.4, -0.2) is 33.6 Å². The Labute approximate surface area is 106 Å². The molecule has 0 aliphatic carbocycles. The maximum atomic E-state index is 12.0. The van der Waals surface area contributed by atoms with Gasteiger partial charge in [-0.05, 0) is 30.7 Å². The fourth-order valence-electron chi connectivity index (χ4n) is 1.80. The summed E-state index contributed by atoms with van der Waals surface area (Å²) >= 11 is 0. The van der Waals surface area contributed by atoms with Gasteiger partial charge in [0.2, 0.25) is 10.0 Å². The molecule has 6 nitrogen and oxygen atoms in total. The lowest BCUT2D eigenvalue weighted by Crippen LogP contribution is -2.28. The first kappa shape index (κ1) is 13.2. The number of benzene rings is 1. The number of nitrogens with one attached hydrogen (secondary N) is 1. The van der Waals surface area contributed by atoms with E-state index < -0.39 is 25.1 Å². The third-order valence-electron chi connectivity index (χ3n) is 2.80. The Bertz CT molecular complexity index is 635. The highest BCUT2D eigenvalue weighted by molar-refractivity contribution is 7.97. The van der Waals surface area contributed by atoms with Gasteiger partial charge in [0.15, 0.2) is 9.84 Å². The van der Waals surface area contributed by atoms with Crippen LogP contribution in [0.2, 0.25) is 0 Å². The van der Waals surface area contributed by atoms with Crippen LogP contribution in [0.15, 0.2) is 24.3 Å². The van der Waals surface area contributed by atoms with Crippen LogP contribution in [-0.2, 0) is 19.9 Å². The van der Waals surface area contributed by atoms with Crippen molar-refractivity contribution in [3.05, 3.63) is 24.3 Å². The highest BCUT2D eigenvalue weighted by Crippen LogP contribution is 2.21. The third-order valence-corrected chi connectivity index (χ3v) is 6.58. The first-order valence-electron chi connectivity index (χ1n) is 5.36. The van der Waals surface area contributed by atoms with Crippen LogP contribution in [0, 0.1) is 0 Å². The fraction of sp³-hybridized carbons (Fsp3) is 0.400. The molecule has 1 fully saturated rings. The molecule has 0 radical (unpaired) electrons. The number of nitrogens with two attached hydrogens (primary N) is 1. The van der Waals surface area contributed by atoms with Gasteiger partial charge >= 0.3 is 0 Å². The lowest BCUT2D eigenvalue weighted by Gasteiger charge is -2.12. The Morgan fingerprint density at radius 2 is 1.83 bits per heavy atom. The second kappa shape index (κ2) is 4.43. The van der Waals surface area contributed by atoms with Crippen molar-refractivity contribution in [2.75, 3.05) is 22.0 Å². The Morgan fingerprint density at radius 1 is 1.22 bits per heavy atom. The molecule has 1 heterocycles. The maximum Gasteiger partial charge on any atom is 0.236 e. The second-order valence-corrected chi connectivity index (χ2v) is 8.48. The van der Waals surface area contributed by atoms with Gasteiger partial charge in [0, 0.05) is 11.4 Å². The lowest BCUT2D eigenvalue weighted by atomic mass is 10.3. The van der Waals surface area contributed by atoms with Crippen LogP contribution in [0.25, 0.3) is 0 Å². The molecule has 0 aromatic heterocycles. The summed E-state index contributed by atoms with van der Waals surface area (Å²) in [6, 6.07) is 6.22. The smallest absolute Gasteiger partial charge is 0.236 e. The standard InChI is InChI=1S/C10H14N2O4S2/c11-8-1-3-9(4-2-8)12-18(15,16)10-5-6-17(13,14)7-10/h1-4,10,12H,5-7,11H2. The van der Waals surface area contributed by atoms with E-state index in [9.17, 15) is 16.8 Å². The number of sulfonamides is 1. The summed E-state index contributed by atoms with van der Waals surface area (Å²) in [5.41, 5.74) is 6.40. The average Bonchev–Trinajstić information content (AvgIpc) is 2.63. The van der Waals surface area contributed by atoms with Crippen molar-refractivity contribution in [3.8, 4) is 0 Å². The van der Waals surface area contributed by atoms with E-state index >= 15 is 0 Å². The Hall–Kier alpha value is -1.28. The van der Waals surface area contributed by atoms with Gasteiger partial charge in [0.05, 0.1) is 16.8 Å². The first-order valence-corrected chi connectivity index (χ1v) is 8.73. The molecule has 0 bridgehead atoms. The predicted molar refractivity (Wildman–Crippen MR) is 70.5 cm³/mol. The van der Waals surface area contributed by atoms with Crippen LogP contribution < -0.4 is 10.5 Å². The highest BCUT2D eigenvalue weighted by Gasteiger charge is 2.37. The van der Waals surface area contributed by atoms with Gasteiger partial charge in [0.25, 0.3) is 0 Å². The largest absolute Gasteiger partial charge is 0.399 e. The lowest BCUT2D eigenvalue weighted by molar-refractivity contribution is 0.587. The molecule has 0 spiro atoms. The normalized spacial score (nSPS) is 22.8. The monoisotopic (exact) mass is 290 g/mol. The van der Waals surface area contributed by atoms with E-state index in [0.717, 1.165) is 0 Å². The summed E-state index contributed by atoms with van der Waals surface area (Å²) in [6.45, 7) is 0. The highest BCUT2D eigenvalue weighted by atomic mass is 32.2. The van der Waals surface area contributed by atoms with Crippen LogP contribution in [0.5, 0.6) is 0 Å². The zero-order valence-electron chi connectivity index (χ0n) is 9.53. The van der Waals surface area contributed by atoms with Gasteiger partial charge in [-0.2, -0.15) is 0 Å². The summed E-state index contributed by atoms with van der Waals surface area (Å²) in [5.74, 6) is -0.377. The van der Waals surface area contributed by atoms with Crippen molar-refractivity contribution in [1.29, 1.82) is 0 Å². The summed E-state index contributed by atoms with van der Waals surface area (Å²) in [5, 5.41) is -0.875. The molecule has 1 atom stereocenters. The molecule has 1 aliphatic rings. The van der Waals surface area contributed by atoms with Crippen molar-refractivity contribution in [1.82, 2.24) is 0 Å². The van der Waals surface area contributed by atoms with Crippen LogP contribution in [0.1, 0.15) is 6.42 Å². The molecule has 18 heavy (non-hydrogen) atoms. The molecule has 8 heteroatoms. The number of rotatable bonds is 3. The molecule has 100 valence electrons. The molecule has 1 aromatic carbocycles. The van der Waals surface area contributed by atoms with Crippen LogP contribution in [0.4, 0.5) is 11.4 Å². The molecule has 0 saturated carbocycles. The second-order valence-electron chi connectivity index (χ2n) is 4.29. The first-order chi connectivity index (χ1) is 8.28. The molecule has 3 N–H and O–H groups in total.